The molecule has 1 aliphatic heterocycles. The van der Waals surface area contributed by atoms with Crippen molar-refractivity contribution in [3.8, 4) is 0 Å². The Morgan fingerprint density at radius 1 is 1.36 bits per heavy atom. The third-order valence-electron chi connectivity index (χ3n) is 4.15. The number of hydrogen-bond acceptors (Lipinski definition) is 4. The molecule has 122 valence electrons. The molecule has 0 unspecified atom stereocenters. The van der Waals surface area contributed by atoms with Crippen LogP contribution in [0.25, 0.3) is 0 Å². The average Bonchev–Trinajstić information content (AvgIpc) is 2.74. The van der Waals surface area contributed by atoms with Crippen LogP contribution in [0, 0.1) is 6.92 Å². The minimum absolute atomic E-state index is 0.0279. The van der Waals surface area contributed by atoms with E-state index < -0.39 is 0 Å². The van der Waals surface area contributed by atoms with Crippen LogP contribution in [0.4, 0.5) is 0 Å². The lowest BCUT2D eigenvalue weighted by atomic mass is 10.0. The van der Waals surface area contributed by atoms with Gasteiger partial charge in [0.2, 0.25) is 0 Å². The van der Waals surface area contributed by atoms with Crippen molar-refractivity contribution >= 4 is 23.3 Å². The van der Waals surface area contributed by atoms with E-state index in [9.17, 15) is 9.59 Å². The normalized spacial score (nSPS) is 18.4. The zero-order valence-corrected chi connectivity index (χ0v) is 15.0. The average molecular weight is 322 g/mol. The minimum atomic E-state index is 0.0279. The first-order valence-corrected chi connectivity index (χ1v) is 8.85. The zero-order chi connectivity index (χ0) is 16.5. The standard InChI is InChI=1S/C17H26N2O2S/c1-6-13-15(12(3)20)11(2)18-16(13)14(21)9-19-7-8-22-17(4,5)10-19/h18H,6-10H2,1-5H3. The van der Waals surface area contributed by atoms with E-state index in [-0.39, 0.29) is 16.3 Å². The van der Waals surface area contributed by atoms with Crippen molar-refractivity contribution in [2.75, 3.05) is 25.4 Å². The Bertz CT molecular complexity index is 590. The summed E-state index contributed by atoms with van der Waals surface area (Å²) < 4.78 is 0.197. The maximum absolute atomic E-state index is 12.7. The zero-order valence-electron chi connectivity index (χ0n) is 14.2. The molecule has 0 aromatic carbocycles. The predicted octanol–water partition coefficient (Wildman–Crippen LogP) is 3.10. The second-order valence-corrected chi connectivity index (χ2v) is 8.43. The smallest absolute Gasteiger partial charge is 0.193 e. The lowest BCUT2D eigenvalue weighted by molar-refractivity contribution is 0.0922. The van der Waals surface area contributed by atoms with Gasteiger partial charge in [-0.2, -0.15) is 11.8 Å². The molecular formula is C17H26N2O2S. The van der Waals surface area contributed by atoms with E-state index in [4.69, 9.17) is 0 Å². The van der Waals surface area contributed by atoms with Crippen LogP contribution >= 0.6 is 11.8 Å². The first-order chi connectivity index (χ1) is 10.2. The van der Waals surface area contributed by atoms with Crippen molar-refractivity contribution in [2.24, 2.45) is 0 Å². The number of aromatic amines is 1. The van der Waals surface area contributed by atoms with Crippen molar-refractivity contribution in [1.29, 1.82) is 0 Å². The molecule has 1 N–H and O–H groups in total. The van der Waals surface area contributed by atoms with Crippen molar-refractivity contribution in [3.63, 3.8) is 0 Å². The summed E-state index contributed by atoms with van der Waals surface area (Å²) in [5.41, 5.74) is 3.00. The quantitative estimate of drug-likeness (QED) is 0.846. The second-order valence-electron chi connectivity index (χ2n) is 6.63. The molecule has 0 bridgehead atoms. The van der Waals surface area contributed by atoms with Gasteiger partial charge in [-0.3, -0.25) is 14.5 Å². The van der Waals surface area contributed by atoms with E-state index in [1.807, 2.05) is 25.6 Å². The second kappa shape index (κ2) is 6.59. The minimum Gasteiger partial charge on any atom is -0.355 e. The number of ketones is 2. The molecule has 1 fully saturated rings. The summed E-state index contributed by atoms with van der Waals surface area (Å²) in [4.78, 5) is 29.9. The molecule has 1 aromatic heterocycles. The predicted molar refractivity (Wildman–Crippen MR) is 92.2 cm³/mol. The van der Waals surface area contributed by atoms with Crippen molar-refractivity contribution < 1.29 is 9.59 Å². The molecule has 0 aliphatic carbocycles. The Morgan fingerprint density at radius 2 is 2.05 bits per heavy atom. The number of nitrogens with one attached hydrogen (secondary N) is 1. The van der Waals surface area contributed by atoms with E-state index in [2.05, 4.69) is 23.7 Å². The van der Waals surface area contributed by atoms with Crippen LogP contribution in [0.2, 0.25) is 0 Å². The van der Waals surface area contributed by atoms with Gasteiger partial charge in [0.05, 0.1) is 12.2 Å². The summed E-state index contributed by atoms with van der Waals surface area (Å²) in [7, 11) is 0. The monoisotopic (exact) mass is 322 g/mol. The molecule has 0 saturated carbocycles. The summed E-state index contributed by atoms with van der Waals surface area (Å²) in [5.74, 6) is 1.18. The molecule has 1 aromatic rings. The number of Topliss-reactive ketones (excluding diaryl/α,β-unsaturated/α-hetero) is 2. The Morgan fingerprint density at radius 3 is 2.59 bits per heavy atom. The fraction of sp³-hybridized carbons (Fsp3) is 0.647. The first kappa shape index (κ1) is 17.3. The number of hydrogen-bond donors (Lipinski definition) is 1. The Labute approximate surface area is 137 Å². The topological polar surface area (TPSA) is 53.2 Å². The molecule has 0 amide bonds. The highest BCUT2D eigenvalue weighted by Gasteiger charge is 2.29. The van der Waals surface area contributed by atoms with Crippen molar-refractivity contribution in [3.05, 3.63) is 22.5 Å². The van der Waals surface area contributed by atoms with Gasteiger partial charge in [-0.15, -0.1) is 0 Å². The largest absolute Gasteiger partial charge is 0.355 e. The fourth-order valence-corrected chi connectivity index (χ4v) is 4.45. The maximum Gasteiger partial charge on any atom is 0.193 e. The lowest BCUT2D eigenvalue weighted by Gasteiger charge is -2.37. The number of thioether (sulfide) groups is 1. The number of rotatable bonds is 5. The first-order valence-electron chi connectivity index (χ1n) is 7.87. The number of aromatic nitrogens is 1. The Hall–Kier alpha value is -1.07. The van der Waals surface area contributed by atoms with Gasteiger partial charge in [-0.05, 0) is 39.7 Å². The number of nitrogens with zero attached hydrogens (tertiary/aromatic N) is 1. The van der Waals surface area contributed by atoms with Gasteiger partial charge in [0.15, 0.2) is 11.6 Å². The third-order valence-corrected chi connectivity index (χ3v) is 5.44. The number of carbonyl (C=O) groups excluding carboxylic acids is 2. The van der Waals surface area contributed by atoms with E-state index in [1.165, 1.54) is 0 Å². The Balaban J connectivity index is 2.20. The summed E-state index contributed by atoms with van der Waals surface area (Å²) >= 11 is 1.96. The lowest BCUT2D eigenvalue weighted by Crippen LogP contribution is -2.45. The van der Waals surface area contributed by atoms with Gasteiger partial charge in [0.25, 0.3) is 0 Å². The van der Waals surface area contributed by atoms with E-state index in [0.717, 1.165) is 30.1 Å². The highest BCUT2D eigenvalue weighted by atomic mass is 32.2. The van der Waals surface area contributed by atoms with Gasteiger partial charge in [-0.1, -0.05) is 6.92 Å². The molecule has 1 saturated heterocycles. The third kappa shape index (κ3) is 3.63. The molecule has 4 nitrogen and oxygen atoms in total. The fourth-order valence-electron chi connectivity index (χ4n) is 3.28. The van der Waals surface area contributed by atoms with Gasteiger partial charge < -0.3 is 4.98 Å². The summed E-state index contributed by atoms with van der Waals surface area (Å²) in [6.45, 7) is 12.2. The van der Waals surface area contributed by atoms with Crippen LogP contribution in [-0.4, -0.2) is 51.6 Å². The number of H-pyrrole nitrogens is 1. The van der Waals surface area contributed by atoms with Crippen LogP contribution in [0.3, 0.4) is 0 Å². The molecule has 22 heavy (non-hydrogen) atoms. The molecule has 1 aliphatic rings. The Kier molecular flexibility index (Phi) is 5.17. The van der Waals surface area contributed by atoms with Crippen LogP contribution in [0.15, 0.2) is 0 Å². The number of aryl methyl sites for hydroxylation is 1. The summed E-state index contributed by atoms with van der Waals surface area (Å²) in [5, 5.41) is 0. The van der Waals surface area contributed by atoms with Gasteiger partial charge in [0, 0.05) is 34.8 Å². The van der Waals surface area contributed by atoms with Crippen LogP contribution in [-0.2, 0) is 6.42 Å². The van der Waals surface area contributed by atoms with E-state index in [1.54, 1.807) is 6.92 Å². The maximum atomic E-state index is 12.7. The molecule has 0 atom stereocenters. The summed E-state index contributed by atoms with van der Waals surface area (Å²) in [6.07, 6.45) is 0.696. The van der Waals surface area contributed by atoms with Crippen molar-refractivity contribution in [2.45, 2.75) is 45.8 Å². The van der Waals surface area contributed by atoms with Gasteiger partial charge >= 0.3 is 0 Å². The van der Waals surface area contributed by atoms with Gasteiger partial charge in [-0.25, -0.2) is 0 Å². The molecule has 5 heteroatoms. The highest BCUT2D eigenvalue weighted by Crippen LogP contribution is 2.29. The van der Waals surface area contributed by atoms with Gasteiger partial charge in [0.1, 0.15) is 0 Å². The van der Waals surface area contributed by atoms with Crippen molar-refractivity contribution in [1.82, 2.24) is 9.88 Å². The molecule has 2 heterocycles. The summed E-state index contributed by atoms with van der Waals surface area (Å²) in [6, 6.07) is 0. The van der Waals surface area contributed by atoms with Crippen LogP contribution in [0.5, 0.6) is 0 Å². The SMILES string of the molecule is CCc1c(C(=O)CN2CCSC(C)(C)C2)[nH]c(C)c1C(C)=O. The van der Waals surface area contributed by atoms with Crippen LogP contribution < -0.4 is 0 Å². The molecule has 0 spiro atoms. The molecule has 0 radical (unpaired) electrons. The highest BCUT2D eigenvalue weighted by molar-refractivity contribution is 8.00. The van der Waals surface area contributed by atoms with Crippen LogP contribution in [0.1, 0.15) is 59.8 Å². The molecular weight excluding hydrogens is 296 g/mol. The van der Waals surface area contributed by atoms with E-state index >= 15 is 0 Å². The van der Waals surface area contributed by atoms with E-state index in [0.29, 0.717) is 24.2 Å². The number of carbonyl (C=O) groups is 2. The molecule has 2 rings (SSSR count).